The van der Waals surface area contributed by atoms with Crippen LogP contribution in [0.15, 0.2) is 18.2 Å². The molecular weight excluding hydrogens is 292 g/mol. The van der Waals surface area contributed by atoms with E-state index in [9.17, 15) is 0 Å². The standard InChI is InChI=1S/C18H31BClNO/c1-16(2,3)13-11-10-12-14(17(4,5)6)15(13)22-19(20)21-18(7,8)9/h10-12,21H,1-9H3. The molecule has 0 bridgehead atoms. The third-order valence-corrected chi connectivity index (χ3v) is 3.60. The van der Waals surface area contributed by atoms with E-state index in [4.69, 9.17) is 16.1 Å². The molecule has 1 N–H and O–H groups in total. The lowest BCUT2D eigenvalue weighted by Gasteiger charge is -2.31. The van der Waals surface area contributed by atoms with Gasteiger partial charge in [0.2, 0.25) is 0 Å². The van der Waals surface area contributed by atoms with Gasteiger partial charge in [-0.15, -0.1) is 11.5 Å². The molecule has 2 nitrogen and oxygen atoms in total. The first kappa shape index (κ1) is 19.4. The Kier molecular flexibility index (Phi) is 5.68. The molecule has 0 aliphatic carbocycles. The molecule has 0 aliphatic heterocycles. The lowest BCUT2D eigenvalue weighted by molar-refractivity contribution is 0.449. The van der Waals surface area contributed by atoms with E-state index in [0.29, 0.717) is 0 Å². The van der Waals surface area contributed by atoms with Gasteiger partial charge in [-0.1, -0.05) is 59.7 Å². The van der Waals surface area contributed by atoms with Crippen molar-refractivity contribution in [3.8, 4) is 5.75 Å². The molecule has 4 heteroatoms. The topological polar surface area (TPSA) is 21.3 Å². The zero-order valence-electron chi connectivity index (χ0n) is 15.6. The fraction of sp³-hybridized carbons (Fsp3) is 0.667. The van der Waals surface area contributed by atoms with E-state index in [-0.39, 0.29) is 16.4 Å². The van der Waals surface area contributed by atoms with Crippen molar-refractivity contribution in [2.75, 3.05) is 0 Å². The second kappa shape index (κ2) is 6.45. The maximum absolute atomic E-state index is 6.41. The van der Waals surface area contributed by atoms with Crippen LogP contribution in [0.3, 0.4) is 0 Å². The van der Waals surface area contributed by atoms with Crippen molar-refractivity contribution in [3.05, 3.63) is 29.3 Å². The molecule has 124 valence electrons. The Morgan fingerprint density at radius 1 is 0.864 bits per heavy atom. The normalized spacial score (nSPS) is 13.2. The first-order chi connectivity index (χ1) is 9.72. The molecule has 0 radical (unpaired) electrons. The predicted octanol–water partition coefficient (Wildman–Crippen LogP) is 5.27. The molecule has 0 spiro atoms. The summed E-state index contributed by atoms with van der Waals surface area (Å²) in [6, 6.07) is 6.37. The highest BCUT2D eigenvalue weighted by atomic mass is 35.5. The minimum absolute atomic E-state index is 0.00503. The number of benzene rings is 1. The van der Waals surface area contributed by atoms with Gasteiger partial charge >= 0.3 is 6.47 Å². The number of rotatable bonds is 3. The third-order valence-electron chi connectivity index (χ3n) is 3.40. The van der Waals surface area contributed by atoms with Gasteiger partial charge in [0.1, 0.15) is 5.75 Å². The first-order valence-electron chi connectivity index (χ1n) is 7.94. The minimum atomic E-state index is -0.565. The van der Waals surface area contributed by atoms with Crippen molar-refractivity contribution in [2.45, 2.75) is 78.7 Å². The Hall–Kier alpha value is -0.665. The van der Waals surface area contributed by atoms with Crippen LogP contribution >= 0.6 is 11.5 Å². The molecule has 0 atom stereocenters. The van der Waals surface area contributed by atoms with Gasteiger partial charge in [-0.25, -0.2) is 0 Å². The average Bonchev–Trinajstić information content (AvgIpc) is 2.23. The molecule has 0 amide bonds. The van der Waals surface area contributed by atoms with E-state index in [2.05, 4.69) is 85.7 Å². The summed E-state index contributed by atoms with van der Waals surface area (Å²) in [5.41, 5.74) is 2.25. The predicted molar refractivity (Wildman–Crippen MR) is 99.0 cm³/mol. The van der Waals surface area contributed by atoms with Crippen LogP contribution in [-0.4, -0.2) is 12.0 Å². The lowest BCUT2D eigenvalue weighted by atomic mass is 9.79. The Balaban J connectivity index is 3.30. The van der Waals surface area contributed by atoms with Crippen molar-refractivity contribution in [1.29, 1.82) is 0 Å². The third kappa shape index (κ3) is 5.51. The summed E-state index contributed by atoms with van der Waals surface area (Å²) in [7, 11) is 0. The number of hydrogen-bond donors (Lipinski definition) is 1. The smallest absolute Gasteiger partial charge is 0.533 e. The highest BCUT2D eigenvalue weighted by molar-refractivity contribution is 7.02. The SMILES string of the molecule is CC(C)(C)NB(Cl)Oc1c(C(C)(C)C)cccc1C(C)(C)C. The molecule has 0 fully saturated rings. The van der Waals surface area contributed by atoms with Crippen LogP contribution < -0.4 is 9.88 Å². The van der Waals surface area contributed by atoms with Crippen LogP contribution in [0.2, 0.25) is 0 Å². The molecule has 0 aromatic heterocycles. The van der Waals surface area contributed by atoms with Crippen molar-refractivity contribution in [1.82, 2.24) is 5.23 Å². The van der Waals surface area contributed by atoms with E-state index in [1.165, 1.54) is 11.1 Å². The second-order valence-corrected chi connectivity index (χ2v) is 9.41. The van der Waals surface area contributed by atoms with Gasteiger partial charge in [-0.2, -0.15) is 0 Å². The van der Waals surface area contributed by atoms with Crippen LogP contribution in [0.5, 0.6) is 5.75 Å². The average molecular weight is 324 g/mol. The Morgan fingerprint density at radius 2 is 1.27 bits per heavy atom. The van der Waals surface area contributed by atoms with Crippen LogP contribution in [0.25, 0.3) is 0 Å². The number of nitrogens with one attached hydrogen (secondary N) is 1. The number of para-hydroxylation sites is 1. The van der Waals surface area contributed by atoms with Gasteiger partial charge in [0.15, 0.2) is 0 Å². The number of halogens is 1. The maximum atomic E-state index is 6.41. The molecule has 0 aliphatic rings. The molecule has 1 aromatic carbocycles. The van der Waals surface area contributed by atoms with Gasteiger partial charge in [-0.3, -0.25) is 5.23 Å². The maximum Gasteiger partial charge on any atom is 0.559 e. The highest BCUT2D eigenvalue weighted by Crippen LogP contribution is 2.39. The fourth-order valence-electron chi connectivity index (χ4n) is 2.32. The molecule has 0 saturated carbocycles. The summed E-state index contributed by atoms with van der Waals surface area (Å²) in [6.45, 7) is 18.8. The van der Waals surface area contributed by atoms with Gasteiger partial charge < -0.3 is 4.65 Å². The van der Waals surface area contributed by atoms with Crippen molar-refractivity contribution in [3.63, 3.8) is 0 Å². The van der Waals surface area contributed by atoms with E-state index < -0.39 is 6.47 Å². The van der Waals surface area contributed by atoms with Gasteiger partial charge in [0, 0.05) is 5.54 Å². The van der Waals surface area contributed by atoms with Crippen LogP contribution in [0.4, 0.5) is 0 Å². The quantitative estimate of drug-likeness (QED) is 0.765. The Bertz CT molecular complexity index is 477. The van der Waals surface area contributed by atoms with Crippen molar-refractivity contribution in [2.24, 2.45) is 0 Å². The monoisotopic (exact) mass is 323 g/mol. The van der Waals surface area contributed by atoms with E-state index >= 15 is 0 Å². The molecule has 0 heterocycles. The Labute approximate surface area is 142 Å². The molecule has 0 saturated heterocycles. The summed E-state index contributed by atoms with van der Waals surface area (Å²) in [5, 5.41) is 3.27. The summed E-state index contributed by atoms with van der Waals surface area (Å²) in [6.07, 6.45) is 0. The van der Waals surface area contributed by atoms with Crippen molar-refractivity contribution >= 4 is 17.9 Å². The van der Waals surface area contributed by atoms with E-state index in [0.717, 1.165) is 5.75 Å². The van der Waals surface area contributed by atoms with Crippen LogP contribution in [0, 0.1) is 0 Å². The number of hydrogen-bond acceptors (Lipinski definition) is 2. The molecular formula is C18H31BClNO. The first-order valence-corrected chi connectivity index (χ1v) is 8.38. The zero-order valence-corrected chi connectivity index (χ0v) is 16.4. The summed E-state index contributed by atoms with van der Waals surface area (Å²) >= 11 is 6.41. The van der Waals surface area contributed by atoms with Crippen LogP contribution in [-0.2, 0) is 10.8 Å². The summed E-state index contributed by atoms with van der Waals surface area (Å²) in [4.78, 5) is 0. The van der Waals surface area contributed by atoms with E-state index in [1.54, 1.807) is 0 Å². The molecule has 1 rings (SSSR count). The highest BCUT2D eigenvalue weighted by Gasteiger charge is 2.30. The van der Waals surface area contributed by atoms with Gasteiger partial charge in [-0.05, 0) is 42.7 Å². The summed E-state index contributed by atoms with van der Waals surface area (Å²) < 4.78 is 6.16. The molecule has 22 heavy (non-hydrogen) atoms. The fourth-order valence-corrected chi connectivity index (χ4v) is 2.73. The molecule has 1 aromatic rings. The minimum Gasteiger partial charge on any atom is -0.533 e. The largest absolute Gasteiger partial charge is 0.559 e. The van der Waals surface area contributed by atoms with E-state index in [1.807, 2.05) is 0 Å². The lowest BCUT2D eigenvalue weighted by Crippen LogP contribution is -2.47. The van der Waals surface area contributed by atoms with Crippen LogP contribution in [0.1, 0.15) is 73.4 Å². The van der Waals surface area contributed by atoms with Crippen molar-refractivity contribution < 1.29 is 4.65 Å². The zero-order chi connectivity index (χ0) is 17.3. The Morgan fingerprint density at radius 3 is 1.59 bits per heavy atom. The second-order valence-electron chi connectivity index (χ2n) is 9.01. The van der Waals surface area contributed by atoms with Gasteiger partial charge in [0.05, 0.1) is 0 Å². The van der Waals surface area contributed by atoms with Gasteiger partial charge in [0.25, 0.3) is 0 Å². The summed E-state index contributed by atoms with van der Waals surface area (Å²) in [5.74, 6) is 0.902. The molecule has 0 unspecified atom stereocenters.